The third kappa shape index (κ3) is 2.83. The van der Waals surface area contributed by atoms with Crippen LogP contribution in [-0.2, 0) is 6.54 Å². The average Bonchev–Trinajstić information content (AvgIpc) is 2.27. The highest BCUT2D eigenvalue weighted by atomic mass is 19.1. The zero-order chi connectivity index (χ0) is 13.1. The minimum Gasteiger partial charge on any atom is -0.376 e. The van der Waals surface area contributed by atoms with Crippen LogP contribution in [-0.4, -0.2) is 0 Å². The summed E-state index contributed by atoms with van der Waals surface area (Å²) >= 11 is 0. The summed E-state index contributed by atoms with van der Waals surface area (Å²) in [5, 5.41) is 2.64. The summed E-state index contributed by atoms with van der Waals surface area (Å²) in [5.74, 6) is -2.79. The first kappa shape index (κ1) is 12.5. The van der Waals surface area contributed by atoms with Crippen LogP contribution in [0, 0.1) is 24.4 Å². The van der Waals surface area contributed by atoms with Crippen LogP contribution in [0.4, 0.5) is 18.9 Å². The molecule has 0 aliphatic carbocycles. The molecule has 18 heavy (non-hydrogen) atoms. The molecule has 1 N–H and O–H groups in total. The van der Waals surface area contributed by atoms with Gasteiger partial charge in [-0.3, -0.25) is 0 Å². The van der Waals surface area contributed by atoms with E-state index in [4.69, 9.17) is 0 Å². The monoisotopic (exact) mass is 251 g/mol. The van der Waals surface area contributed by atoms with Crippen molar-refractivity contribution in [3.63, 3.8) is 0 Å². The van der Waals surface area contributed by atoms with Gasteiger partial charge >= 0.3 is 0 Å². The van der Waals surface area contributed by atoms with Crippen LogP contribution < -0.4 is 5.32 Å². The maximum atomic E-state index is 13.4. The molecule has 0 atom stereocenters. The van der Waals surface area contributed by atoms with Crippen LogP contribution in [0.1, 0.15) is 11.1 Å². The SMILES string of the molecule is Cc1cccc(CNc2c(F)cc(F)cc2F)c1. The van der Waals surface area contributed by atoms with Crippen molar-refractivity contribution in [1.82, 2.24) is 0 Å². The third-order valence-electron chi connectivity index (χ3n) is 2.56. The number of anilines is 1. The molecule has 0 heterocycles. The first-order chi connectivity index (χ1) is 8.56. The van der Waals surface area contributed by atoms with Crippen LogP contribution in [0.25, 0.3) is 0 Å². The van der Waals surface area contributed by atoms with E-state index in [1.54, 1.807) is 0 Å². The molecule has 0 aliphatic heterocycles. The van der Waals surface area contributed by atoms with Gasteiger partial charge in [0.05, 0.1) is 0 Å². The zero-order valence-electron chi connectivity index (χ0n) is 9.81. The van der Waals surface area contributed by atoms with Crippen molar-refractivity contribution in [2.24, 2.45) is 0 Å². The van der Waals surface area contributed by atoms with Gasteiger partial charge in [0, 0.05) is 18.7 Å². The minimum absolute atomic E-state index is 0.279. The molecule has 0 aromatic heterocycles. The molecule has 0 fully saturated rings. The van der Waals surface area contributed by atoms with Gasteiger partial charge in [0.2, 0.25) is 0 Å². The zero-order valence-corrected chi connectivity index (χ0v) is 9.81. The van der Waals surface area contributed by atoms with E-state index in [2.05, 4.69) is 5.32 Å². The summed E-state index contributed by atoms with van der Waals surface area (Å²) in [7, 11) is 0. The highest BCUT2D eigenvalue weighted by molar-refractivity contribution is 5.47. The first-order valence-corrected chi connectivity index (χ1v) is 5.50. The predicted molar refractivity (Wildman–Crippen MR) is 64.8 cm³/mol. The largest absolute Gasteiger partial charge is 0.376 e. The summed E-state index contributed by atoms with van der Waals surface area (Å²) in [4.78, 5) is 0. The van der Waals surface area contributed by atoms with E-state index >= 15 is 0 Å². The van der Waals surface area contributed by atoms with E-state index in [0.717, 1.165) is 11.1 Å². The summed E-state index contributed by atoms with van der Waals surface area (Å²) in [6.07, 6.45) is 0. The summed E-state index contributed by atoms with van der Waals surface area (Å²) in [5.41, 5.74) is 1.66. The van der Waals surface area contributed by atoms with E-state index < -0.39 is 17.5 Å². The molecule has 0 bridgehead atoms. The van der Waals surface area contributed by atoms with Crippen LogP contribution in [0.5, 0.6) is 0 Å². The Hall–Kier alpha value is -1.97. The molecule has 4 heteroatoms. The van der Waals surface area contributed by atoms with Crippen molar-refractivity contribution in [2.45, 2.75) is 13.5 Å². The Balaban J connectivity index is 2.16. The average molecular weight is 251 g/mol. The fourth-order valence-electron chi connectivity index (χ4n) is 1.72. The second-order valence-corrected chi connectivity index (χ2v) is 4.09. The molecular formula is C14H12F3N. The van der Waals surface area contributed by atoms with Crippen molar-refractivity contribution in [2.75, 3.05) is 5.32 Å². The van der Waals surface area contributed by atoms with Crippen LogP contribution in [0.3, 0.4) is 0 Å². The lowest BCUT2D eigenvalue weighted by atomic mass is 10.1. The lowest BCUT2D eigenvalue weighted by molar-refractivity contribution is 0.547. The van der Waals surface area contributed by atoms with Gasteiger partial charge in [-0.25, -0.2) is 13.2 Å². The molecule has 0 amide bonds. The van der Waals surface area contributed by atoms with Gasteiger partial charge in [-0.1, -0.05) is 29.8 Å². The Morgan fingerprint density at radius 2 is 1.67 bits per heavy atom. The number of hydrogen-bond donors (Lipinski definition) is 1. The Kier molecular flexibility index (Phi) is 3.55. The lowest BCUT2D eigenvalue weighted by Gasteiger charge is -2.09. The molecule has 1 nitrogen and oxygen atoms in total. The number of hydrogen-bond acceptors (Lipinski definition) is 1. The quantitative estimate of drug-likeness (QED) is 0.868. The molecule has 2 aromatic rings. The van der Waals surface area contributed by atoms with Gasteiger partial charge in [-0.05, 0) is 12.5 Å². The number of nitrogens with one attached hydrogen (secondary N) is 1. The Morgan fingerprint density at radius 1 is 1.00 bits per heavy atom. The van der Waals surface area contributed by atoms with Crippen LogP contribution in [0.2, 0.25) is 0 Å². The van der Waals surface area contributed by atoms with E-state index in [-0.39, 0.29) is 12.2 Å². The van der Waals surface area contributed by atoms with E-state index in [9.17, 15) is 13.2 Å². The van der Waals surface area contributed by atoms with Crippen molar-refractivity contribution in [3.8, 4) is 0 Å². The molecule has 0 saturated carbocycles. The summed E-state index contributed by atoms with van der Waals surface area (Å²) in [6.45, 7) is 2.21. The van der Waals surface area contributed by atoms with Crippen molar-refractivity contribution < 1.29 is 13.2 Å². The highest BCUT2D eigenvalue weighted by Crippen LogP contribution is 2.21. The van der Waals surface area contributed by atoms with Crippen LogP contribution >= 0.6 is 0 Å². The Labute approximate surface area is 103 Å². The van der Waals surface area contributed by atoms with Gasteiger partial charge in [-0.2, -0.15) is 0 Å². The molecule has 0 spiro atoms. The van der Waals surface area contributed by atoms with Crippen LogP contribution in [0.15, 0.2) is 36.4 Å². The predicted octanol–water partition coefficient (Wildman–Crippen LogP) is 4.02. The molecule has 94 valence electrons. The lowest BCUT2D eigenvalue weighted by Crippen LogP contribution is -2.04. The van der Waals surface area contributed by atoms with Gasteiger partial charge in [0.15, 0.2) is 11.6 Å². The smallest absolute Gasteiger partial charge is 0.152 e. The van der Waals surface area contributed by atoms with Crippen molar-refractivity contribution in [1.29, 1.82) is 0 Å². The fourth-order valence-corrected chi connectivity index (χ4v) is 1.72. The maximum Gasteiger partial charge on any atom is 0.152 e. The van der Waals surface area contributed by atoms with E-state index in [1.165, 1.54) is 0 Å². The van der Waals surface area contributed by atoms with Gasteiger partial charge in [0.1, 0.15) is 11.5 Å². The number of aryl methyl sites for hydroxylation is 1. The van der Waals surface area contributed by atoms with Gasteiger partial charge in [-0.15, -0.1) is 0 Å². The number of rotatable bonds is 3. The Bertz CT molecular complexity index is 544. The van der Waals surface area contributed by atoms with Crippen molar-refractivity contribution >= 4 is 5.69 Å². The van der Waals surface area contributed by atoms with E-state index in [0.29, 0.717) is 12.1 Å². The van der Waals surface area contributed by atoms with Gasteiger partial charge < -0.3 is 5.32 Å². The standard InChI is InChI=1S/C14H12F3N/c1-9-3-2-4-10(5-9)8-18-14-12(16)6-11(15)7-13(14)17/h2-7,18H,8H2,1H3. The summed E-state index contributed by atoms with van der Waals surface area (Å²) in [6, 6.07) is 8.86. The third-order valence-corrected chi connectivity index (χ3v) is 2.56. The number of halogens is 3. The molecule has 0 radical (unpaired) electrons. The second kappa shape index (κ2) is 5.12. The molecular weight excluding hydrogens is 239 g/mol. The molecule has 0 saturated heterocycles. The highest BCUT2D eigenvalue weighted by Gasteiger charge is 2.10. The molecule has 0 unspecified atom stereocenters. The second-order valence-electron chi connectivity index (χ2n) is 4.09. The van der Waals surface area contributed by atoms with Gasteiger partial charge in [0.25, 0.3) is 0 Å². The summed E-state index contributed by atoms with van der Waals surface area (Å²) < 4.78 is 39.4. The number of benzene rings is 2. The van der Waals surface area contributed by atoms with Crippen molar-refractivity contribution in [3.05, 3.63) is 65.0 Å². The normalized spacial score (nSPS) is 10.4. The molecule has 2 rings (SSSR count). The topological polar surface area (TPSA) is 12.0 Å². The molecule has 0 aliphatic rings. The minimum atomic E-state index is -0.930. The van der Waals surface area contributed by atoms with E-state index in [1.807, 2.05) is 31.2 Å². The Morgan fingerprint density at radius 3 is 2.28 bits per heavy atom. The fraction of sp³-hybridized carbons (Fsp3) is 0.143. The maximum absolute atomic E-state index is 13.4. The molecule has 2 aromatic carbocycles. The first-order valence-electron chi connectivity index (χ1n) is 5.50.